The largest absolute Gasteiger partial charge is 0.478 e. The van der Waals surface area contributed by atoms with E-state index in [4.69, 9.17) is 5.11 Å². The molecule has 0 fully saturated rings. The second-order valence-corrected chi connectivity index (χ2v) is 4.41. The first-order valence-electron chi connectivity index (χ1n) is 5.50. The Morgan fingerprint density at radius 2 is 2.00 bits per heavy atom. The van der Waals surface area contributed by atoms with Gasteiger partial charge >= 0.3 is 5.97 Å². The molecular weight excluding hydrogens is 236 g/mol. The van der Waals surface area contributed by atoms with E-state index < -0.39 is 10.9 Å². The van der Waals surface area contributed by atoms with Crippen LogP contribution in [0.25, 0.3) is 0 Å². The van der Waals surface area contributed by atoms with Gasteiger partial charge in [-0.25, -0.2) is 4.79 Å². The average Bonchev–Trinajstić information content (AvgIpc) is 2.27. The standard InChI is InChI=1S/C12H16N2O4/c1-7(2)13(4)10-5-9(12(15)16)6-11(8(10)3)14(17)18/h5-7H,1-4H3,(H,15,16). The van der Waals surface area contributed by atoms with Gasteiger partial charge in [-0.1, -0.05) is 0 Å². The lowest BCUT2D eigenvalue weighted by atomic mass is 10.1. The number of hydrogen-bond acceptors (Lipinski definition) is 4. The summed E-state index contributed by atoms with van der Waals surface area (Å²) in [7, 11) is 1.78. The number of rotatable bonds is 4. The fourth-order valence-corrected chi connectivity index (χ4v) is 1.64. The molecule has 18 heavy (non-hydrogen) atoms. The van der Waals surface area contributed by atoms with E-state index in [0.717, 1.165) is 6.07 Å². The Labute approximate surface area is 105 Å². The minimum Gasteiger partial charge on any atom is -0.478 e. The number of nitrogens with zero attached hydrogens (tertiary/aromatic N) is 2. The quantitative estimate of drug-likeness (QED) is 0.657. The number of aromatic carboxylic acids is 1. The van der Waals surface area contributed by atoms with Crippen molar-refractivity contribution in [1.82, 2.24) is 0 Å². The Morgan fingerprint density at radius 1 is 1.44 bits per heavy atom. The van der Waals surface area contributed by atoms with E-state index >= 15 is 0 Å². The maximum absolute atomic E-state index is 11.0. The van der Waals surface area contributed by atoms with Crippen molar-refractivity contribution in [2.24, 2.45) is 0 Å². The molecule has 0 unspecified atom stereocenters. The van der Waals surface area contributed by atoms with Gasteiger partial charge in [0.1, 0.15) is 0 Å². The lowest BCUT2D eigenvalue weighted by Gasteiger charge is -2.25. The number of nitro benzene ring substituents is 1. The van der Waals surface area contributed by atoms with Crippen LogP contribution in [0.2, 0.25) is 0 Å². The molecule has 1 aromatic rings. The van der Waals surface area contributed by atoms with Gasteiger partial charge in [0.2, 0.25) is 0 Å². The van der Waals surface area contributed by atoms with Gasteiger partial charge < -0.3 is 10.0 Å². The maximum Gasteiger partial charge on any atom is 0.336 e. The average molecular weight is 252 g/mol. The van der Waals surface area contributed by atoms with Crippen LogP contribution in [0, 0.1) is 17.0 Å². The number of benzene rings is 1. The number of anilines is 1. The molecule has 0 aliphatic carbocycles. The summed E-state index contributed by atoms with van der Waals surface area (Å²) in [6.07, 6.45) is 0. The highest BCUT2D eigenvalue weighted by Gasteiger charge is 2.21. The van der Waals surface area contributed by atoms with E-state index in [2.05, 4.69) is 0 Å². The number of carboxylic acid groups (broad SMARTS) is 1. The predicted molar refractivity (Wildman–Crippen MR) is 68.3 cm³/mol. The van der Waals surface area contributed by atoms with Crippen LogP contribution in [0.5, 0.6) is 0 Å². The first-order chi connectivity index (χ1) is 8.25. The molecule has 0 heterocycles. The Morgan fingerprint density at radius 3 is 2.39 bits per heavy atom. The molecule has 0 radical (unpaired) electrons. The summed E-state index contributed by atoms with van der Waals surface area (Å²) < 4.78 is 0. The predicted octanol–water partition coefficient (Wildman–Crippen LogP) is 2.45. The van der Waals surface area contributed by atoms with Crippen LogP contribution in [0.3, 0.4) is 0 Å². The van der Waals surface area contributed by atoms with E-state index in [1.54, 1.807) is 14.0 Å². The summed E-state index contributed by atoms with van der Waals surface area (Å²) in [6, 6.07) is 2.67. The highest BCUT2D eigenvalue weighted by Crippen LogP contribution is 2.30. The molecule has 0 aromatic heterocycles. The third-order valence-electron chi connectivity index (χ3n) is 2.95. The molecule has 0 saturated carbocycles. The lowest BCUT2D eigenvalue weighted by Crippen LogP contribution is -2.26. The molecule has 0 saturated heterocycles. The minimum absolute atomic E-state index is 0.0743. The highest BCUT2D eigenvalue weighted by atomic mass is 16.6. The second-order valence-electron chi connectivity index (χ2n) is 4.41. The maximum atomic E-state index is 11.0. The van der Waals surface area contributed by atoms with Crippen LogP contribution in [0.1, 0.15) is 29.8 Å². The lowest BCUT2D eigenvalue weighted by molar-refractivity contribution is -0.385. The van der Waals surface area contributed by atoms with E-state index in [0.29, 0.717) is 11.3 Å². The van der Waals surface area contributed by atoms with E-state index in [1.165, 1.54) is 6.07 Å². The Kier molecular flexibility index (Phi) is 3.90. The summed E-state index contributed by atoms with van der Waals surface area (Å²) >= 11 is 0. The molecule has 1 aromatic carbocycles. The summed E-state index contributed by atoms with van der Waals surface area (Å²) in [5, 5.41) is 19.9. The first-order valence-corrected chi connectivity index (χ1v) is 5.50. The van der Waals surface area contributed by atoms with Crippen LogP contribution in [-0.2, 0) is 0 Å². The Bertz CT molecular complexity index is 497. The molecule has 0 bridgehead atoms. The number of carboxylic acids is 1. The molecule has 0 aliphatic heterocycles. The summed E-state index contributed by atoms with van der Waals surface area (Å²) in [5.41, 5.74) is 0.796. The van der Waals surface area contributed by atoms with Gasteiger partial charge in [0.15, 0.2) is 0 Å². The summed E-state index contributed by atoms with van der Waals surface area (Å²) in [4.78, 5) is 23.2. The van der Waals surface area contributed by atoms with E-state index in [1.807, 2.05) is 18.7 Å². The van der Waals surface area contributed by atoms with Crippen LogP contribution < -0.4 is 4.90 Å². The van der Waals surface area contributed by atoms with E-state index in [9.17, 15) is 14.9 Å². The number of nitro groups is 1. The minimum atomic E-state index is -1.17. The molecule has 6 nitrogen and oxygen atoms in total. The van der Waals surface area contributed by atoms with Crippen LogP contribution in [-0.4, -0.2) is 29.1 Å². The molecule has 0 atom stereocenters. The molecule has 1 N–H and O–H groups in total. The van der Waals surface area contributed by atoms with Crippen LogP contribution in [0.15, 0.2) is 12.1 Å². The zero-order chi connectivity index (χ0) is 14.0. The second kappa shape index (κ2) is 5.03. The van der Waals surface area contributed by atoms with Crippen molar-refractivity contribution in [3.63, 3.8) is 0 Å². The zero-order valence-corrected chi connectivity index (χ0v) is 10.8. The third kappa shape index (κ3) is 2.58. The van der Waals surface area contributed by atoms with Crippen molar-refractivity contribution in [1.29, 1.82) is 0 Å². The molecular formula is C12H16N2O4. The molecule has 0 amide bonds. The number of carbonyl (C=O) groups is 1. The third-order valence-corrected chi connectivity index (χ3v) is 2.95. The van der Waals surface area contributed by atoms with Crippen molar-refractivity contribution >= 4 is 17.3 Å². The van der Waals surface area contributed by atoms with Crippen molar-refractivity contribution in [3.8, 4) is 0 Å². The Hall–Kier alpha value is -2.11. The van der Waals surface area contributed by atoms with Gasteiger partial charge in [0.25, 0.3) is 5.69 Å². The van der Waals surface area contributed by atoms with Gasteiger partial charge in [-0.05, 0) is 26.8 Å². The number of hydrogen-bond donors (Lipinski definition) is 1. The molecule has 0 spiro atoms. The smallest absolute Gasteiger partial charge is 0.336 e. The van der Waals surface area contributed by atoms with Gasteiger partial charge in [-0.3, -0.25) is 10.1 Å². The van der Waals surface area contributed by atoms with Gasteiger partial charge in [0.05, 0.1) is 16.1 Å². The highest BCUT2D eigenvalue weighted by molar-refractivity contribution is 5.90. The van der Waals surface area contributed by atoms with Gasteiger partial charge in [-0.15, -0.1) is 0 Å². The van der Waals surface area contributed by atoms with Gasteiger partial charge in [-0.2, -0.15) is 0 Å². The fourth-order valence-electron chi connectivity index (χ4n) is 1.64. The normalized spacial score (nSPS) is 10.5. The molecule has 6 heteroatoms. The summed E-state index contributed by atoms with van der Waals surface area (Å²) in [5.74, 6) is -1.17. The van der Waals surface area contributed by atoms with Crippen molar-refractivity contribution in [2.45, 2.75) is 26.8 Å². The Balaban J connectivity index is 3.50. The van der Waals surface area contributed by atoms with Crippen molar-refractivity contribution in [3.05, 3.63) is 33.4 Å². The molecule has 0 aliphatic rings. The SMILES string of the molecule is Cc1c(N(C)C(C)C)cc(C(=O)O)cc1[N+](=O)[O-]. The van der Waals surface area contributed by atoms with Crippen LogP contribution in [0.4, 0.5) is 11.4 Å². The van der Waals surface area contributed by atoms with Crippen molar-refractivity contribution in [2.75, 3.05) is 11.9 Å². The first kappa shape index (κ1) is 14.0. The fraction of sp³-hybridized carbons (Fsp3) is 0.417. The molecule has 1 rings (SSSR count). The monoisotopic (exact) mass is 252 g/mol. The summed E-state index contributed by atoms with van der Waals surface area (Å²) in [6.45, 7) is 5.48. The topological polar surface area (TPSA) is 83.7 Å². The van der Waals surface area contributed by atoms with Crippen LogP contribution >= 0.6 is 0 Å². The van der Waals surface area contributed by atoms with Gasteiger partial charge in [0, 0.05) is 24.8 Å². The van der Waals surface area contributed by atoms with Crippen molar-refractivity contribution < 1.29 is 14.8 Å². The van der Waals surface area contributed by atoms with E-state index in [-0.39, 0.29) is 17.3 Å². The molecule has 98 valence electrons. The zero-order valence-electron chi connectivity index (χ0n) is 10.8.